The maximum absolute atomic E-state index is 6.11. The SMILES string of the molecule is NCC(Nc1ccccc1Cl)c1cccc(Cl)c1. The second-order valence-corrected chi connectivity index (χ2v) is 4.81. The number of para-hydroxylation sites is 1. The predicted octanol–water partition coefficient (Wildman–Crippen LogP) is 4.11. The molecule has 2 aromatic carbocycles. The second-order valence-electron chi connectivity index (χ2n) is 3.97. The van der Waals surface area contributed by atoms with Crippen LogP contribution in [0, 0.1) is 0 Å². The number of hydrogen-bond donors (Lipinski definition) is 2. The molecule has 2 aromatic rings. The fourth-order valence-corrected chi connectivity index (χ4v) is 2.16. The first-order valence-electron chi connectivity index (χ1n) is 5.67. The molecule has 0 saturated carbocycles. The number of nitrogens with one attached hydrogen (secondary N) is 1. The standard InChI is InChI=1S/C14H14Cl2N2/c15-11-5-3-4-10(8-11)14(9-17)18-13-7-2-1-6-12(13)16/h1-8,14,18H,9,17H2. The van der Waals surface area contributed by atoms with Crippen LogP contribution in [-0.4, -0.2) is 6.54 Å². The van der Waals surface area contributed by atoms with Crippen LogP contribution in [0.1, 0.15) is 11.6 Å². The fraction of sp³-hybridized carbons (Fsp3) is 0.143. The fourth-order valence-electron chi connectivity index (χ4n) is 1.77. The maximum atomic E-state index is 6.11. The number of halogens is 2. The third kappa shape index (κ3) is 3.16. The van der Waals surface area contributed by atoms with Crippen molar-refractivity contribution in [2.24, 2.45) is 5.73 Å². The Kier molecular flexibility index (Phi) is 4.48. The van der Waals surface area contributed by atoms with Crippen molar-refractivity contribution in [3.8, 4) is 0 Å². The van der Waals surface area contributed by atoms with E-state index >= 15 is 0 Å². The highest BCUT2D eigenvalue weighted by atomic mass is 35.5. The smallest absolute Gasteiger partial charge is 0.0637 e. The Morgan fingerprint density at radius 3 is 2.50 bits per heavy atom. The summed E-state index contributed by atoms with van der Waals surface area (Å²) in [7, 11) is 0. The van der Waals surface area contributed by atoms with E-state index in [1.807, 2.05) is 48.5 Å². The summed E-state index contributed by atoms with van der Waals surface area (Å²) in [5, 5.41) is 4.70. The molecule has 94 valence electrons. The zero-order valence-corrected chi connectivity index (χ0v) is 11.2. The average molecular weight is 281 g/mol. The zero-order valence-electron chi connectivity index (χ0n) is 9.74. The van der Waals surface area contributed by atoms with Gasteiger partial charge in [-0.3, -0.25) is 0 Å². The van der Waals surface area contributed by atoms with Gasteiger partial charge in [-0.15, -0.1) is 0 Å². The molecule has 0 fully saturated rings. The normalized spacial score (nSPS) is 12.2. The van der Waals surface area contributed by atoms with Gasteiger partial charge in [-0.2, -0.15) is 0 Å². The van der Waals surface area contributed by atoms with Gasteiger partial charge in [0.25, 0.3) is 0 Å². The molecule has 0 saturated heterocycles. The summed E-state index contributed by atoms with van der Waals surface area (Å²) in [6.45, 7) is 0.464. The lowest BCUT2D eigenvalue weighted by atomic mass is 10.1. The molecule has 1 unspecified atom stereocenters. The quantitative estimate of drug-likeness (QED) is 0.885. The number of hydrogen-bond acceptors (Lipinski definition) is 2. The van der Waals surface area contributed by atoms with Gasteiger partial charge in [0.1, 0.15) is 0 Å². The number of benzene rings is 2. The molecule has 2 nitrogen and oxygen atoms in total. The molecule has 0 bridgehead atoms. The molecule has 0 aliphatic carbocycles. The van der Waals surface area contributed by atoms with E-state index in [0.29, 0.717) is 16.6 Å². The monoisotopic (exact) mass is 280 g/mol. The van der Waals surface area contributed by atoms with Gasteiger partial charge in [-0.1, -0.05) is 47.5 Å². The second kappa shape index (κ2) is 6.10. The zero-order chi connectivity index (χ0) is 13.0. The molecule has 0 aromatic heterocycles. The topological polar surface area (TPSA) is 38.0 Å². The largest absolute Gasteiger partial charge is 0.376 e. The average Bonchev–Trinajstić information content (AvgIpc) is 2.38. The van der Waals surface area contributed by atoms with Gasteiger partial charge in [0.2, 0.25) is 0 Å². The number of nitrogens with two attached hydrogens (primary N) is 1. The van der Waals surface area contributed by atoms with E-state index < -0.39 is 0 Å². The summed E-state index contributed by atoms with van der Waals surface area (Å²) in [5.74, 6) is 0. The summed E-state index contributed by atoms with van der Waals surface area (Å²) in [6, 6.07) is 15.2. The third-order valence-corrected chi connectivity index (χ3v) is 3.26. The van der Waals surface area contributed by atoms with Crippen LogP contribution in [0.4, 0.5) is 5.69 Å². The van der Waals surface area contributed by atoms with Gasteiger partial charge in [-0.25, -0.2) is 0 Å². The summed E-state index contributed by atoms with van der Waals surface area (Å²) in [4.78, 5) is 0. The van der Waals surface area contributed by atoms with E-state index in [2.05, 4.69) is 5.32 Å². The predicted molar refractivity (Wildman–Crippen MR) is 78.3 cm³/mol. The minimum atomic E-state index is -0.0106. The highest BCUT2D eigenvalue weighted by Gasteiger charge is 2.11. The number of rotatable bonds is 4. The molecular formula is C14H14Cl2N2. The van der Waals surface area contributed by atoms with Gasteiger partial charge in [0.15, 0.2) is 0 Å². The molecule has 0 aliphatic heterocycles. The van der Waals surface area contributed by atoms with Gasteiger partial charge >= 0.3 is 0 Å². The van der Waals surface area contributed by atoms with Crippen molar-refractivity contribution >= 4 is 28.9 Å². The third-order valence-electron chi connectivity index (χ3n) is 2.69. The van der Waals surface area contributed by atoms with Gasteiger partial charge in [0.05, 0.1) is 16.8 Å². The first kappa shape index (κ1) is 13.2. The summed E-state index contributed by atoms with van der Waals surface area (Å²) < 4.78 is 0. The van der Waals surface area contributed by atoms with E-state index in [9.17, 15) is 0 Å². The van der Waals surface area contributed by atoms with Crippen LogP contribution in [0.3, 0.4) is 0 Å². The number of anilines is 1. The van der Waals surface area contributed by atoms with Gasteiger partial charge in [0, 0.05) is 11.6 Å². The molecule has 2 rings (SSSR count). The van der Waals surface area contributed by atoms with Crippen LogP contribution in [-0.2, 0) is 0 Å². The summed E-state index contributed by atoms with van der Waals surface area (Å²) in [6.07, 6.45) is 0. The van der Waals surface area contributed by atoms with Crippen molar-refractivity contribution in [1.82, 2.24) is 0 Å². The Balaban J connectivity index is 2.23. The van der Waals surface area contributed by atoms with E-state index in [4.69, 9.17) is 28.9 Å². The van der Waals surface area contributed by atoms with E-state index in [1.54, 1.807) is 0 Å². The van der Waals surface area contributed by atoms with Crippen LogP contribution in [0.5, 0.6) is 0 Å². The van der Waals surface area contributed by atoms with Gasteiger partial charge < -0.3 is 11.1 Å². The van der Waals surface area contributed by atoms with Crippen LogP contribution < -0.4 is 11.1 Å². The highest BCUT2D eigenvalue weighted by molar-refractivity contribution is 6.33. The van der Waals surface area contributed by atoms with E-state index in [0.717, 1.165) is 11.3 Å². The van der Waals surface area contributed by atoms with Crippen molar-refractivity contribution < 1.29 is 0 Å². The Bertz CT molecular complexity index is 529. The summed E-state index contributed by atoms with van der Waals surface area (Å²) >= 11 is 12.1. The van der Waals surface area contributed by atoms with Crippen LogP contribution >= 0.6 is 23.2 Å². The molecule has 18 heavy (non-hydrogen) atoms. The molecule has 1 atom stereocenters. The molecule has 0 spiro atoms. The van der Waals surface area contributed by atoms with Gasteiger partial charge in [-0.05, 0) is 29.8 Å². The molecule has 0 heterocycles. The Morgan fingerprint density at radius 1 is 1.06 bits per heavy atom. The van der Waals surface area contributed by atoms with E-state index in [-0.39, 0.29) is 6.04 Å². The molecule has 0 aliphatic rings. The first-order chi connectivity index (χ1) is 8.70. The lowest BCUT2D eigenvalue weighted by molar-refractivity contribution is 0.790. The summed E-state index contributed by atoms with van der Waals surface area (Å²) in [5.41, 5.74) is 7.72. The molecule has 4 heteroatoms. The van der Waals surface area contributed by atoms with Crippen LogP contribution in [0.25, 0.3) is 0 Å². The lowest BCUT2D eigenvalue weighted by Crippen LogP contribution is -2.20. The molecular weight excluding hydrogens is 267 g/mol. The first-order valence-corrected chi connectivity index (χ1v) is 6.43. The van der Waals surface area contributed by atoms with Crippen molar-refractivity contribution in [1.29, 1.82) is 0 Å². The molecule has 0 amide bonds. The minimum Gasteiger partial charge on any atom is -0.376 e. The van der Waals surface area contributed by atoms with Crippen molar-refractivity contribution in [2.75, 3.05) is 11.9 Å². The Hall–Kier alpha value is -1.22. The molecule has 3 N–H and O–H groups in total. The van der Waals surface area contributed by atoms with E-state index in [1.165, 1.54) is 0 Å². The Morgan fingerprint density at radius 2 is 1.83 bits per heavy atom. The van der Waals surface area contributed by atoms with Crippen LogP contribution in [0.15, 0.2) is 48.5 Å². The highest BCUT2D eigenvalue weighted by Crippen LogP contribution is 2.26. The lowest BCUT2D eigenvalue weighted by Gasteiger charge is -2.19. The minimum absolute atomic E-state index is 0.0106. The molecule has 0 radical (unpaired) electrons. The Labute approximate surface area is 117 Å². The van der Waals surface area contributed by atoms with Crippen molar-refractivity contribution in [2.45, 2.75) is 6.04 Å². The van der Waals surface area contributed by atoms with Crippen LogP contribution in [0.2, 0.25) is 10.0 Å². The maximum Gasteiger partial charge on any atom is 0.0637 e. The van der Waals surface area contributed by atoms with Crippen molar-refractivity contribution in [3.63, 3.8) is 0 Å². The van der Waals surface area contributed by atoms with Crippen molar-refractivity contribution in [3.05, 3.63) is 64.1 Å².